The van der Waals surface area contributed by atoms with Crippen molar-refractivity contribution in [2.45, 2.75) is 38.6 Å². The highest BCUT2D eigenvalue weighted by atomic mass is 16.1. The molecule has 0 aliphatic heterocycles. The van der Waals surface area contributed by atoms with Crippen molar-refractivity contribution in [2.24, 2.45) is 11.7 Å². The second kappa shape index (κ2) is 5.96. The molecule has 2 rings (SSSR count). The molecule has 4 heteroatoms. The predicted octanol–water partition coefficient (Wildman–Crippen LogP) is 1.64. The molecule has 0 radical (unpaired) electrons. The van der Waals surface area contributed by atoms with E-state index in [0.29, 0.717) is 17.5 Å². The average molecular weight is 247 g/mol. The summed E-state index contributed by atoms with van der Waals surface area (Å²) >= 11 is 0. The van der Waals surface area contributed by atoms with Crippen LogP contribution in [0.3, 0.4) is 0 Å². The van der Waals surface area contributed by atoms with E-state index in [4.69, 9.17) is 5.73 Å². The summed E-state index contributed by atoms with van der Waals surface area (Å²) in [5.41, 5.74) is 7.42. The van der Waals surface area contributed by atoms with Crippen molar-refractivity contribution in [1.29, 1.82) is 0 Å². The van der Waals surface area contributed by atoms with E-state index < -0.39 is 0 Å². The lowest BCUT2D eigenvalue weighted by atomic mass is 9.86. The van der Waals surface area contributed by atoms with Crippen LogP contribution in [0, 0.1) is 12.8 Å². The average Bonchev–Trinajstić information content (AvgIpc) is 2.38. The Morgan fingerprint density at radius 1 is 1.44 bits per heavy atom. The Hall–Kier alpha value is -1.42. The molecule has 0 aromatic carbocycles. The van der Waals surface area contributed by atoms with Gasteiger partial charge < -0.3 is 11.1 Å². The molecule has 0 spiro atoms. The van der Waals surface area contributed by atoms with Crippen molar-refractivity contribution < 1.29 is 4.79 Å². The lowest BCUT2D eigenvalue weighted by Crippen LogP contribution is -2.34. The van der Waals surface area contributed by atoms with Gasteiger partial charge in [-0.1, -0.05) is 0 Å². The molecule has 0 unspecified atom stereocenters. The summed E-state index contributed by atoms with van der Waals surface area (Å²) in [5.74, 6) is 0.576. The number of hydrogen-bond donors (Lipinski definition) is 2. The number of aromatic nitrogens is 1. The fourth-order valence-corrected chi connectivity index (χ4v) is 2.42. The molecular formula is C14H21N3O. The lowest BCUT2D eigenvalue weighted by molar-refractivity contribution is 0.0943. The number of nitrogens with zero attached hydrogens (tertiary/aromatic N) is 1. The van der Waals surface area contributed by atoms with Gasteiger partial charge in [-0.3, -0.25) is 9.78 Å². The number of hydrogen-bond acceptors (Lipinski definition) is 3. The second-order valence-electron chi connectivity index (χ2n) is 5.18. The summed E-state index contributed by atoms with van der Waals surface area (Å²) in [5, 5.41) is 3.00. The first-order valence-corrected chi connectivity index (χ1v) is 6.61. The first kappa shape index (κ1) is 13.0. The number of carbonyl (C=O) groups excluding carboxylic acids is 1. The number of nitrogens with two attached hydrogens (primary N) is 1. The molecule has 0 bridgehead atoms. The maximum atomic E-state index is 11.9. The Kier molecular flexibility index (Phi) is 4.31. The van der Waals surface area contributed by atoms with Crippen LogP contribution in [0.4, 0.5) is 0 Å². The van der Waals surface area contributed by atoms with Crippen LogP contribution in [0.15, 0.2) is 18.3 Å². The Labute approximate surface area is 108 Å². The minimum Gasteiger partial charge on any atom is -0.352 e. The topological polar surface area (TPSA) is 68.0 Å². The van der Waals surface area contributed by atoms with Gasteiger partial charge in [0.2, 0.25) is 0 Å². The van der Waals surface area contributed by atoms with Gasteiger partial charge in [-0.05, 0) is 50.7 Å². The van der Waals surface area contributed by atoms with Crippen LogP contribution in [0.2, 0.25) is 0 Å². The molecule has 18 heavy (non-hydrogen) atoms. The number of aryl methyl sites for hydroxylation is 1. The molecule has 3 N–H and O–H groups in total. The van der Waals surface area contributed by atoms with Crippen molar-refractivity contribution in [1.82, 2.24) is 10.3 Å². The Balaban J connectivity index is 1.81. The SMILES string of the molecule is Cc1cc(C(=O)NCC2CCC(N)CC2)ccn1. The third-order valence-electron chi connectivity index (χ3n) is 3.60. The normalized spacial score (nSPS) is 23.7. The number of rotatable bonds is 3. The van der Waals surface area contributed by atoms with Gasteiger partial charge >= 0.3 is 0 Å². The molecule has 1 fully saturated rings. The largest absolute Gasteiger partial charge is 0.352 e. The molecule has 0 saturated heterocycles. The maximum Gasteiger partial charge on any atom is 0.251 e. The Morgan fingerprint density at radius 3 is 2.83 bits per heavy atom. The predicted molar refractivity (Wildman–Crippen MR) is 71.2 cm³/mol. The molecule has 1 amide bonds. The highest BCUT2D eigenvalue weighted by Gasteiger charge is 2.19. The van der Waals surface area contributed by atoms with Crippen LogP contribution in [0.1, 0.15) is 41.7 Å². The van der Waals surface area contributed by atoms with Crippen molar-refractivity contribution in [2.75, 3.05) is 6.54 Å². The van der Waals surface area contributed by atoms with Gasteiger partial charge in [0.1, 0.15) is 0 Å². The lowest BCUT2D eigenvalue weighted by Gasteiger charge is -2.26. The van der Waals surface area contributed by atoms with Crippen LogP contribution in [0.5, 0.6) is 0 Å². The summed E-state index contributed by atoms with van der Waals surface area (Å²) in [6.07, 6.45) is 6.07. The van der Waals surface area contributed by atoms with Crippen LogP contribution < -0.4 is 11.1 Å². The minimum atomic E-state index is -0.00429. The number of nitrogens with one attached hydrogen (secondary N) is 1. The van der Waals surface area contributed by atoms with E-state index in [2.05, 4.69) is 10.3 Å². The van der Waals surface area contributed by atoms with Crippen LogP contribution >= 0.6 is 0 Å². The monoisotopic (exact) mass is 247 g/mol. The van der Waals surface area contributed by atoms with Crippen molar-refractivity contribution in [3.05, 3.63) is 29.6 Å². The van der Waals surface area contributed by atoms with Crippen LogP contribution in [-0.2, 0) is 0 Å². The fourth-order valence-electron chi connectivity index (χ4n) is 2.42. The summed E-state index contributed by atoms with van der Waals surface area (Å²) in [6.45, 7) is 2.65. The van der Waals surface area contributed by atoms with Gasteiger partial charge in [-0.2, -0.15) is 0 Å². The zero-order valence-corrected chi connectivity index (χ0v) is 10.9. The molecule has 0 atom stereocenters. The zero-order valence-electron chi connectivity index (χ0n) is 10.9. The third-order valence-corrected chi connectivity index (χ3v) is 3.60. The fraction of sp³-hybridized carbons (Fsp3) is 0.571. The highest BCUT2D eigenvalue weighted by molar-refractivity contribution is 5.94. The summed E-state index contributed by atoms with van der Waals surface area (Å²) < 4.78 is 0. The molecule has 1 aliphatic carbocycles. The minimum absolute atomic E-state index is 0.00429. The Morgan fingerprint density at radius 2 is 2.17 bits per heavy atom. The standard InChI is InChI=1S/C14H21N3O/c1-10-8-12(6-7-16-10)14(18)17-9-11-2-4-13(15)5-3-11/h6-8,11,13H,2-5,9,15H2,1H3,(H,17,18). The maximum absolute atomic E-state index is 11.9. The number of pyridine rings is 1. The van der Waals surface area contributed by atoms with Gasteiger partial charge in [-0.25, -0.2) is 0 Å². The van der Waals surface area contributed by atoms with E-state index in [1.165, 1.54) is 0 Å². The van der Waals surface area contributed by atoms with E-state index in [-0.39, 0.29) is 5.91 Å². The van der Waals surface area contributed by atoms with E-state index in [1.54, 1.807) is 12.3 Å². The molecule has 98 valence electrons. The molecule has 1 aromatic heterocycles. The van der Waals surface area contributed by atoms with Crippen LogP contribution in [-0.4, -0.2) is 23.5 Å². The van der Waals surface area contributed by atoms with Crippen LogP contribution in [0.25, 0.3) is 0 Å². The molecule has 1 heterocycles. The molecule has 1 aromatic rings. The zero-order chi connectivity index (χ0) is 13.0. The number of amides is 1. The molecular weight excluding hydrogens is 226 g/mol. The van der Waals surface area contributed by atoms with Gasteiger partial charge in [0.25, 0.3) is 5.91 Å². The summed E-state index contributed by atoms with van der Waals surface area (Å²) in [4.78, 5) is 16.0. The molecule has 1 aliphatic rings. The summed E-state index contributed by atoms with van der Waals surface area (Å²) in [6, 6.07) is 3.92. The Bertz CT molecular complexity index is 411. The van der Waals surface area contributed by atoms with E-state index in [9.17, 15) is 4.79 Å². The van der Waals surface area contributed by atoms with E-state index in [1.807, 2.05) is 13.0 Å². The van der Waals surface area contributed by atoms with E-state index >= 15 is 0 Å². The van der Waals surface area contributed by atoms with Crippen molar-refractivity contribution >= 4 is 5.91 Å². The van der Waals surface area contributed by atoms with Gasteiger partial charge in [-0.15, -0.1) is 0 Å². The van der Waals surface area contributed by atoms with Crippen molar-refractivity contribution in [3.63, 3.8) is 0 Å². The quantitative estimate of drug-likeness (QED) is 0.853. The summed E-state index contributed by atoms with van der Waals surface area (Å²) in [7, 11) is 0. The highest BCUT2D eigenvalue weighted by Crippen LogP contribution is 2.22. The first-order chi connectivity index (χ1) is 8.65. The van der Waals surface area contributed by atoms with E-state index in [0.717, 1.165) is 37.9 Å². The van der Waals surface area contributed by atoms with Gasteiger partial charge in [0, 0.05) is 30.0 Å². The van der Waals surface area contributed by atoms with Gasteiger partial charge in [0.15, 0.2) is 0 Å². The molecule has 4 nitrogen and oxygen atoms in total. The van der Waals surface area contributed by atoms with Gasteiger partial charge in [0.05, 0.1) is 0 Å². The number of carbonyl (C=O) groups is 1. The second-order valence-corrected chi connectivity index (χ2v) is 5.18. The third kappa shape index (κ3) is 3.53. The van der Waals surface area contributed by atoms with Crippen molar-refractivity contribution in [3.8, 4) is 0 Å². The smallest absolute Gasteiger partial charge is 0.251 e. The molecule has 1 saturated carbocycles. The first-order valence-electron chi connectivity index (χ1n) is 6.61.